The van der Waals surface area contributed by atoms with Gasteiger partial charge in [-0.15, -0.1) is 11.3 Å². The topological polar surface area (TPSA) is 89.3 Å². The number of carbonyl (C=O) groups is 1. The average molecular weight is 454 g/mol. The van der Waals surface area contributed by atoms with Crippen molar-refractivity contribution in [3.05, 3.63) is 58.3 Å². The summed E-state index contributed by atoms with van der Waals surface area (Å²) in [5.41, 5.74) is 1.42. The quantitative estimate of drug-likeness (QED) is 0.500. The fourth-order valence-corrected chi connectivity index (χ4v) is 5.24. The van der Waals surface area contributed by atoms with E-state index in [1.807, 2.05) is 35.7 Å². The fourth-order valence-electron chi connectivity index (χ4n) is 3.41. The zero-order valence-electron chi connectivity index (χ0n) is 16.5. The number of nitrogens with zero attached hydrogens (tertiary/aromatic N) is 4. The maximum absolute atomic E-state index is 12.9. The van der Waals surface area contributed by atoms with Crippen molar-refractivity contribution in [2.75, 3.05) is 36.5 Å². The van der Waals surface area contributed by atoms with E-state index in [9.17, 15) is 9.59 Å². The smallest absolute Gasteiger partial charge is 0.349 e. The molecule has 0 saturated carbocycles. The number of amides is 1. The van der Waals surface area contributed by atoms with Crippen LogP contribution in [0.1, 0.15) is 0 Å². The molecule has 4 aromatic rings. The largest absolute Gasteiger partial charge is 0.378 e. The van der Waals surface area contributed by atoms with E-state index in [0.29, 0.717) is 34.9 Å². The summed E-state index contributed by atoms with van der Waals surface area (Å²) in [6.45, 7) is 2.61. The molecule has 1 amide bonds. The average Bonchev–Trinajstić information content (AvgIpc) is 3.47. The number of aromatic nitrogens is 3. The predicted molar refractivity (Wildman–Crippen MR) is 123 cm³/mol. The second-order valence-electron chi connectivity index (χ2n) is 6.97. The molecule has 5 rings (SSSR count). The lowest BCUT2D eigenvalue weighted by molar-refractivity contribution is -0.116. The Kier molecular flexibility index (Phi) is 5.49. The number of fused-ring (bicyclic) bond motifs is 1. The highest BCUT2D eigenvalue weighted by Gasteiger charge is 2.22. The van der Waals surface area contributed by atoms with Gasteiger partial charge in [-0.25, -0.2) is 9.78 Å². The van der Waals surface area contributed by atoms with Crippen molar-refractivity contribution in [1.29, 1.82) is 0 Å². The molecule has 0 aliphatic carbocycles. The van der Waals surface area contributed by atoms with Crippen molar-refractivity contribution in [2.45, 2.75) is 6.54 Å². The summed E-state index contributed by atoms with van der Waals surface area (Å²) in [6, 6.07) is 13.0. The van der Waals surface area contributed by atoms with E-state index in [4.69, 9.17) is 9.72 Å². The van der Waals surface area contributed by atoms with Crippen LogP contribution in [0.25, 0.3) is 20.9 Å². The Balaban J connectivity index is 1.56. The highest BCUT2D eigenvalue weighted by Crippen LogP contribution is 2.35. The SMILES string of the molecule is O=C(Cn1c(=O)nc(-c2cccs2)c2nc(N3CCOCC3)sc21)Nc1ccccc1. The lowest BCUT2D eigenvalue weighted by Gasteiger charge is -2.25. The van der Waals surface area contributed by atoms with Gasteiger partial charge in [0.15, 0.2) is 5.13 Å². The number of morpholine rings is 1. The number of anilines is 2. The van der Waals surface area contributed by atoms with Crippen molar-refractivity contribution in [3.8, 4) is 10.6 Å². The van der Waals surface area contributed by atoms with Gasteiger partial charge in [0.2, 0.25) is 5.91 Å². The van der Waals surface area contributed by atoms with Gasteiger partial charge in [-0.05, 0) is 23.6 Å². The highest BCUT2D eigenvalue weighted by atomic mass is 32.1. The molecule has 3 aromatic heterocycles. The third-order valence-electron chi connectivity index (χ3n) is 4.90. The standard InChI is InChI=1S/C21H19N5O3S2/c27-16(22-14-5-2-1-3-6-14)13-26-19-18(17(23-20(26)28)15-7-4-12-30-15)24-21(31-19)25-8-10-29-11-9-25/h1-7,12H,8-11,13H2,(H,22,27). The molecular formula is C21H19N5O3S2. The summed E-state index contributed by atoms with van der Waals surface area (Å²) in [5, 5.41) is 5.58. The predicted octanol–water partition coefficient (Wildman–Crippen LogP) is 3.06. The van der Waals surface area contributed by atoms with Gasteiger partial charge in [0.05, 0.1) is 18.1 Å². The van der Waals surface area contributed by atoms with Gasteiger partial charge in [0.25, 0.3) is 0 Å². The molecule has 8 nitrogen and oxygen atoms in total. The van der Waals surface area contributed by atoms with E-state index < -0.39 is 5.69 Å². The van der Waals surface area contributed by atoms with Crippen LogP contribution in [0.4, 0.5) is 10.8 Å². The molecule has 0 unspecified atom stereocenters. The van der Waals surface area contributed by atoms with Crippen LogP contribution in [0.5, 0.6) is 0 Å². The summed E-state index contributed by atoms with van der Waals surface area (Å²) in [6.07, 6.45) is 0. The van der Waals surface area contributed by atoms with Crippen LogP contribution >= 0.6 is 22.7 Å². The number of nitrogens with one attached hydrogen (secondary N) is 1. The van der Waals surface area contributed by atoms with Gasteiger partial charge in [-0.2, -0.15) is 4.98 Å². The van der Waals surface area contributed by atoms with E-state index in [1.54, 1.807) is 12.1 Å². The number of ether oxygens (including phenoxy) is 1. The second kappa shape index (κ2) is 8.58. The van der Waals surface area contributed by atoms with E-state index in [0.717, 1.165) is 23.1 Å². The van der Waals surface area contributed by atoms with Crippen molar-refractivity contribution in [3.63, 3.8) is 0 Å². The number of para-hydroxylation sites is 1. The minimum absolute atomic E-state index is 0.132. The summed E-state index contributed by atoms with van der Waals surface area (Å²) < 4.78 is 6.86. The summed E-state index contributed by atoms with van der Waals surface area (Å²) in [4.78, 5) is 38.4. The molecule has 10 heteroatoms. The summed E-state index contributed by atoms with van der Waals surface area (Å²) >= 11 is 2.92. The van der Waals surface area contributed by atoms with Crippen LogP contribution in [0.15, 0.2) is 52.6 Å². The van der Waals surface area contributed by atoms with Crippen molar-refractivity contribution in [1.82, 2.24) is 14.5 Å². The van der Waals surface area contributed by atoms with E-state index in [2.05, 4.69) is 15.2 Å². The third-order valence-corrected chi connectivity index (χ3v) is 6.92. The highest BCUT2D eigenvalue weighted by molar-refractivity contribution is 7.22. The molecule has 31 heavy (non-hydrogen) atoms. The summed E-state index contributed by atoms with van der Waals surface area (Å²) in [5.74, 6) is -0.290. The van der Waals surface area contributed by atoms with Crippen LogP contribution in [-0.2, 0) is 16.1 Å². The molecule has 0 radical (unpaired) electrons. The van der Waals surface area contributed by atoms with Crippen molar-refractivity contribution < 1.29 is 9.53 Å². The fraction of sp³-hybridized carbons (Fsp3) is 0.238. The van der Waals surface area contributed by atoms with E-state index in [-0.39, 0.29) is 12.5 Å². The number of hydrogen-bond acceptors (Lipinski definition) is 8. The molecule has 4 heterocycles. The third kappa shape index (κ3) is 4.09. The molecule has 158 valence electrons. The first kappa shape index (κ1) is 19.9. The number of thiazole rings is 1. The Labute approximate surface area is 185 Å². The minimum atomic E-state index is -0.462. The lowest BCUT2D eigenvalue weighted by atomic mass is 10.3. The maximum Gasteiger partial charge on any atom is 0.349 e. The van der Waals surface area contributed by atoms with Crippen molar-refractivity contribution in [2.24, 2.45) is 0 Å². The van der Waals surface area contributed by atoms with Crippen LogP contribution in [0, 0.1) is 0 Å². The van der Waals surface area contributed by atoms with E-state index >= 15 is 0 Å². The Morgan fingerprint density at radius 1 is 1.10 bits per heavy atom. The number of hydrogen-bond donors (Lipinski definition) is 1. The minimum Gasteiger partial charge on any atom is -0.378 e. The van der Waals surface area contributed by atoms with Gasteiger partial charge in [0, 0.05) is 18.8 Å². The van der Waals surface area contributed by atoms with Crippen molar-refractivity contribution >= 4 is 49.7 Å². The number of rotatable bonds is 5. The first-order valence-corrected chi connectivity index (χ1v) is 11.5. The van der Waals surface area contributed by atoms with E-state index in [1.165, 1.54) is 27.2 Å². The molecule has 1 fully saturated rings. The first-order chi connectivity index (χ1) is 15.2. The molecule has 0 spiro atoms. The Hall–Kier alpha value is -3.08. The number of benzene rings is 1. The Morgan fingerprint density at radius 3 is 2.65 bits per heavy atom. The van der Waals surface area contributed by atoms with Gasteiger partial charge >= 0.3 is 5.69 Å². The van der Waals surface area contributed by atoms with Crippen LogP contribution in [0.3, 0.4) is 0 Å². The molecule has 0 atom stereocenters. The zero-order valence-corrected chi connectivity index (χ0v) is 18.1. The normalized spacial score (nSPS) is 14.1. The van der Waals surface area contributed by atoms with Gasteiger partial charge in [0.1, 0.15) is 22.6 Å². The number of thiophene rings is 1. The van der Waals surface area contributed by atoms with Crippen LogP contribution in [-0.4, -0.2) is 46.7 Å². The molecule has 0 bridgehead atoms. The second-order valence-corrected chi connectivity index (χ2v) is 8.87. The maximum atomic E-state index is 12.9. The first-order valence-electron chi connectivity index (χ1n) is 9.82. The summed E-state index contributed by atoms with van der Waals surface area (Å²) in [7, 11) is 0. The van der Waals surface area contributed by atoms with Crippen LogP contribution in [0.2, 0.25) is 0 Å². The molecule has 1 aliphatic heterocycles. The zero-order chi connectivity index (χ0) is 21.2. The van der Waals surface area contributed by atoms with Gasteiger partial charge in [-0.3, -0.25) is 9.36 Å². The number of carbonyl (C=O) groups excluding carboxylic acids is 1. The van der Waals surface area contributed by atoms with Gasteiger partial charge in [-0.1, -0.05) is 35.6 Å². The molecule has 1 aromatic carbocycles. The Bertz CT molecular complexity index is 1260. The Morgan fingerprint density at radius 2 is 1.90 bits per heavy atom. The van der Waals surface area contributed by atoms with Crippen LogP contribution < -0.4 is 15.9 Å². The van der Waals surface area contributed by atoms with Gasteiger partial charge < -0.3 is 15.0 Å². The molecule has 1 saturated heterocycles. The molecule has 1 N–H and O–H groups in total. The molecule has 1 aliphatic rings. The lowest BCUT2D eigenvalue weighted by Crippen LogP contribution is -2.36. The monoisotopic (exact) mass is 453 g/mol. The molecular weight excluding hydrogens is 434 g/mol.